The van der Waals surface area contributed by atoms with E-state index >= 15 is 0 Å². The monoisotopic (exact) mass is 210 g/mol. The molecule has 1 N–H and O–H groups in total. The third kappa shape index (κ3) is 5.10. The van der Waals surface area contributed by atoms with Crippen LogP contribution in [0.25, 0.3) is 0 Å². The van der Waals surface area contributed by atoms with Gasteiger partial charge < -0.3 is 5.32 Å². The zero-order valence-corrected chi connectivity index (χ0v) is 9.13. The molecular weight excluding hydrogens is 194 g/mol. The minimum atomic E-state index is -1.04. The number of nitrogens with one attached hydrogen (secondary N) is 1. The van der Waals surface area contributed by atoms with E-state index in [0.29, 0.717) is 13.0 Å². The predicted octanol–water partition coefficient (Wildman–Crippen LogP) is 0.774. The van der Waals surface area contributed by atoms with E-state index in [9.17, 15) is 14.4 Å². The summed E-state index contributed by atoms with van der Waals surface area (Å²) in [5, 5.41) is 2.55. The lowest BCUT2D eigenvalue weighted by molar-refractivity contribution is -0.124. The number of carbonyl (C=O) groups excluding carboxylic acids is 3. The molecule has 0 bridgehead atoms. The molecule has 0 aliphatic heterocycles. The molecule has 4 heteroatoms. The van der Waals surface area contributed by atoms with Crippen LogP contribution in [0.1, 0.15) is 26.7 Å². The van der Waals surface area contributed by atoms with Gasteiger partial charge in [-0.1, -0.05) is 6.58 Å². The van der Waals surface area contributed by atoms with Crippen molar-refractivity contribution in [2.24, 2.45) is 5.41 Å². The smallest absolute Gasteiger partial charge is 0.243 e. The van der Waals surface area contributed by atoms with E-state index in [1.54, 1.807) is 6.29 Å². The fourth-order valence-electron chi connectivity index (χ4n) is 0.902. The molecule has 0 aromatic rings. The highest BCUT2D eigenvalue weighted by atomic mass is 16.2. The maximum atomic E-state index is 11.4. The highest BCUT2D eigenvalue weighted by molar-refractivity contribution is 5.97. The Kier molecular flexibility index (Phi) is 5.52. The van der Waals surface area contributed by atoms with Crippen LogP contribution in [-0.4, -0.2) is 24.5 Å². The number of amides is 1. The second kappa shape index (κ2) is 6.11. The molecule has 0 aromatic heterocycles. The number of rotatable bonds is 7. The van der Waals surface area contributed by atoms with Crippen LogP contribution < -0.4 is 5.32 Å². The van der Waals surface area contributed by atoms with Gasteiger partial charge in [0.15, 0.2) is 0 Å². The third-order valence-corrected chi connectivity index (χ3v) is 2.02. The van der Waals surface area contributed by atoms with Gasteiger partial charge in [0.05, 0.1) is 5.41 Å². The fourth-order valence-corrected chi connectivity index (χ4v) is 0.902. The molecule has 0 aliphatic carbocycles. The molecule has 15 heavy (non-hydrogen) atoms. The first kappa shape index (κ1) is 13.5. The second-order valence-corrected chi connectivity index (χ2v) is 3.75. The Morgan fingerprint density at radius 3 is 2.53 bits per heavy atom. The summed E-state index contributed by atoms with van der Waals surface area (Å²) in [6.45, 7) is 6.77. The Labute approximate surface area is 89.7 Å². The first-order valence-corrected chi connectivity index (χ1v) is 4.77. The van der Waals surface area contributed by atoms with Gasteiger partial charge in [-0.15, -0.1) is 0 Å². The van der Waals surface area contributed by atoms with Crippen molar-refractivity contribution < 1.29 is 14.4 Å². The maximum absolute atomic E-state index is 11.4. The average Bonchev–Trinajstić information content (AvgIpc) is 2.23. The molecule has 4 nitrogen and oxygen atoms in total. The molecule has 0 aliphatic rings. The van der Waals surface area contributed by atoms with Crippen LogP contribution in [0.15, 0.2) is 12.7 Å². The number of carbonyl (C=O) groups is 2. The van der Waals surface area contributed by atoms with Gasteiger partial charge in [-0.2, -0.15) is 0 Å². The second-order valence-electron chi connectivity index (χ2n) is 3.75. The van der Waals surface area contributed by atoms with Crippen LogP contribution in [0.5, 0.6) is 0 Å². The van der Waals surface area contributed by atoms with E-state index in [-0.39, 0.29) is 18.1 Å². The van der Waals surface area contributed by atoms with Gasteiger partial charge in [-0.05, 0) is 26.3 Å². The maximum Gasteiger partial charge on any atom is 0.243 e. The first-order valence-electron chi connectivity index (χ1n) is 4.77. The van der Waals surface area contributed by atoms with Crippen LogP contribution >= 0.6 is 0 Å². The highest BCUT2D eigenvalue weighted by Gasteiger charge is 2.26. The van der Waals surface area contributed by atoms with Gasteiger partial charge in [-0.25, -0.2) is 0 Å². The average molecular weight is 210 g/mol. The number of hydrogen-bond acceptors (Lipinski definition) is 3. The van der Waals surface area contributed by atoms with Crippen LogP contribution in [0.4, 0.5) is 0 Å². The predicted molar refractivity (Wildman–Crippen MR) is 56.9 cm³/mol. The van der Waals surface area contributed by atoms with Gasteiger partial charge in [0.25, 0.3) is 0 Å². The lowest BCUT2D eigenvalue weighted by Crippen LogP contribution is -2.27. The molecule has 0 fully saturated rings. The van der Waals surface area contributed by atoms with Crippen molar-refractivity contribution in [2.75, 3.05) is 6.54 Å². The van der Waals surface area contributed by atoms with E-state index in [4.69, 9.17) is 0 Å². The molecule has 1 radical (unpaired) electrons. The van der Waals surface area contributed by atoms with Crippen molar-refractivity contribution in [3.05, 3.63) is 12.7 Å². The number of ketones is 1. The van der Waals surface area contributed by atoms with E-state index in [0.717, 1.165) is 0 Å². The Hall–Kier alpha value is -1.45. The Morgan fingerprint density at radius 1 is 1.47 bits per heavy atom. The van der Waals surface area contributed by atoms with Crippen molar-refractivity contribution >= 4 is 18.0 Å². The molecule has 0 spiro atoms. The van der Waals surface area contributed by atoms with E-state index < -0.39 is 5.41 Å². The lowest BCUT2D eigenvalue weighted by atomic mass is 9.87. The van der Waals surface area contributed by atoms with Crippen molar-refractivity contribution in [3.8, 4) is 0 Å². The van der Waals surface area contributed by atoms with Crippen molar-refractivity contribution in [1.82, 2.24) is 5.32 Å². The van der Waals surface area contributed by atoms with Crippen LogP contribution in [0, 0.1) is 5.41 Å². The summed E-state index contributed by atoms with van der Waals surface area (Å²) in [5.41, 5.74) is -1.04. The summed E-state index contributed by atoms with van der Waals surface area (Å²) in [5.74, 6) is -0.422. The summed E-state index contributed by atoms with van der Waals surface area (Å²) in [6, 6.07) is 0. The fraction of sp³-hybridized carbons (Fsp3) is 0.545. The topological polar surface area (TPSA) is 63.2 Å². The molecule has 0 unspecified atom stereocenters. The van der Waals surface area contributed by atoms with Gasteiger partial charge in [0.2, 0.25) is 12.2 Å². The molecule has 0 aromatic carbocycles. The Bertz CT molecular complexity index is 269. The zero-order chi connectivity index (χ0) is 11.9. The third-order valence-electron chi connectivity index (χ3n) is 2.02. The molecule has 1 amide bonds. The molecule has 0 saturated heterocycles. The van der Waals surface area contributed by atoms with Crippen LogP contribution in [-0.2, 0) is 14.4 Å². The highest BCUT2D eigenvalue weighted by Crippen LogP contribution is 2.15. The van der Waals surface area contributed by atoms with Crippen LogP contribution in [0.2, 0.25) is 0 Å². The number of hydrogen-bond donors (Lipinski definition) is 1. The lowest BCUT2D eigenvalue weighted by Gasteiger charge is -2.13. The standard InChI is InChI=1S/C11H16NO3/c1-4-10(15)12-7-5-6-9(14)11(2,3)8-13/h4H,1,5-7H2,2-3H3,(H,12,15). The molecule has 0 rings (SSSR count). The summed E-state index contributed by atoms with van der Waals surface area (Å²) in [7, 11) is 0. The molecule has 83 valence electrons. The van der Waals surface area contributed by atoms with Crippen LogP contribution in [0.3, 0.4) is 0 Å². The first-order chi connectivity index (χ1) is 6.94. The van der Waals surface area contributed by atoms with Crippen molar-refractivity contribution in [3.63, 3.8) is 0 Å². The largest absolute Gasteiger partial charge is 0.353 e. The zero-order valence-electron chi connectivity index (χ0n) is 9.13. The van der Waals surface area contributed by atoms with Gasteiger partial charge in [0, 0.05) is 13.0 Å². The Morgan fingerprint density at radius 2 is 2.07 bits per heavy atom. The van der Waals surface area contributed by atoms with E-state index in [2.05, 4.69) is 11.9 Å². The van der Waals surface area contributed by atoms with E-state index in [1.165, 1.54) is 19.9 Å². The summed E-state index contributed by atoms with van der Waals surface area (Å²) in [6.07, 6.45) is 3.65. The van der Waals surface area contributed by atoms with Gasteiger partial charge in [-0.3, -0.25) is 14.4 Å². The normalized spacial score (nSPS) is 10.5. The quantitative estimate of drug-likeness (QED) is 0.383. The van der Waals surface area contributed by atoms with Gasteiger partial charge in [0.1, 0.15) is 5.78 Å². The number of Topliss-reactive ketones (excluding diaryl/α,β-unsaturated/α-hetero) is 1. The summed E-state index contributed by atoms with van der Waals surface area (Å²) < 4.78 is 0. The van der Waals surface area contributed by atoms with E-state index in [1.807, 2.05) is 0 Å². The summed E-state index contributed by atoms with van der Waals surface area (Å²) in [4.78, 5) is 32.6. The SMILES string of the molecule is C=CC(=O)NCCCC(=O)C(C)(C)[C]=O. The van der Waals surface area contributed by atoms with Gasteiger partial charge >= 0.3 is 0 Å². The molecule has 0 saturated carbocycles. The summed E-state index contributed by atoms with van der Waals surface area (Å²) >= 11 is 0. The molecular formula is C11H16NO3. The molecule has 0 heterocycles. The minimum Gasteiger partial charge on any atom is -0.353 e. The van der Waals surface area contributed by atoms with Crippen molar-refractivity contribution in [1.29, 1.82) is 0 Å². The molecule has 0 atom stereocenters. The Balaban J connectivity index is 3.78. The minimum absolute atomic E-state index is 0.162. The van der Waals surface area contributed by atoms with Crippen molar-refractivity contribution in [2.45, 2.75) is 26.7 Å².